The largest absolute Gasteiger partial charge is 0.399 e. The normalized spacial score (nSPS) is 10.4. The summed E-state index contributed by atoms with van der Waals surface area (Å²) in [5.41, 5.74) is 8.29. The van der Waals surface area contributed by atoms with E-state index in [4.69, 9.17) is 5.73 Å². The molecule has 0 heterocycles. The smallest absolute Gasteiger partial charge is 0.224 e. The first kappa shape index (κ1) is 15.5. The van der Waals surface area contributed by atoms with Crippen LogP contribution in [0.25, 0.3) is 0 Å². The van der Waals surface area contributed by atoms with Gasteiger partial charge in [0.15, 0.2) is 0 Å². The SMILES string of the molecule is CCCCCCCCC(=O)Nc1ccc(N)cc1C. The molecule has 0 spiro atoms. The molecule has 1 rings (SSSR count). The molecule has 0 bridgehead atoms. The van der Waals surface area contributed by atoms with E-state index in [-0.39, 0.29) is 5.91 Å². The zero-order chi connectivity index (χ0) is 14.1. The number of amides is 1. The van der Waals surface area contributed by atoms with Gasteiger partial charge in [0.1, 0.15) is 0 Å². The van der Waals surface area contributed by atoms with E-state index < -0.39 is 0 Å². The van der Waals surface area contributed by atoms with Crippen LogP contribution in [0.4, 0.5) is 11.4 Å². The summed E-state index contributed by atoms with van der Waals surface area (Å²) in [5.74, 6) is 0.100. The van der Waals surface area contributed by atoms with E-state index in [9.17, 15) is 4.79 Å². The summed E-state index contributed by atoms with van der Waals surface area (Å²) in [6.07, 6.45) is 7.82. The molecule has 0 fully saturated rings. The molecule has 0 atom stereocenters. The van der Waals surface area contributed by atoms with Gasteiger partial charge in [-0.2, -0.15) is 0 Å². The number of hydrogen-bond donors (Lipinski definition) is 2. The highest BCUT2D eigenvalue weighted by Gasteiger charge is 2.04. The standard InChI is InChI=1S/C16H26N2O/c1-3-4-5-6-7-8-9-16(19)18-15-11-10-14(17)12-13(15)2/h10-12H,3-9,17H2,1-2H3,(H,18,19). The summed E-state index contributed by atoms with van der Waals surface area (Å²) in [5, 5.41) is 2.94. The number of nitrogen functional groups attached to an aromatic ring is 1. The fourth-order valence-corrected chi connectivity index (χ4v) is 2.11. The molecule has 0 unspecified atom stereocenters. The minimum Gasteiger partial charge on any atom is -0.399 e. The molecular weight excluding hydrogens is 236 g/mol. The third-order valence-electron chi connectivity index (χ3n) is 3.28. The van der Waals surface area contributed by atoms with Gasteiger partial charge in [-0.3, -0.25) is 4.79 Å². The number of carbonyl (C=O) groups is 1. The molecule has 0 aliphatic carbocycles. The Labute approximate surface area is 116 Å². The van der Waals surface area contributed by atoms with Gasteiger partial charge >= 0.3 is 0 Å². The van der Waals surface area contributed by atoms with Gasteiger partial charge in [-0.25, -0.2) is 0 Å². The van der Waals surface area contributed by atoms with Crippen molar-refractivity contribution in [2.75, 3.05) is 11.1 Å². The van der Waals surface area contributed by atoms with Crippen LogP contribution < -0.4 is 11.1 Å². The van der Waals surface area contributed by atoms with Crippen molar-refractivity contribution in [3.63, 3.8) is 0 Å². The summed E-state index contributed by atoms with van der Waals surface area (Å²) >= 11 is 0. The van der Waals surface area contributed by atoms with Crippen LogP contribution in [0.15, 0.2) is 18.2 Å². The Morgan fingerprint density at radius 3 is 2.53 bits per heavy atom. The van der Waals surface area contributed by atoms with E-state index >= 15 is 0 Å². The van der Waals surface area contributed by atoms with E-state index in [0.29, 0.717) is 6.42 Å². The topological polar surface area (TPSA) is 55.1 Å². The summed E-state index contributed by atoms with van der Waals surface area (Å²) in [6.45, 7) is 4.17. The van der Waals surface area contributed by atoms with Gasteiger partial charge < -0.3 is 11.1 Å². The fraction of sp³-hybridized carbons (Fsp3) is 0.562. The molecule has 19 heavy (non-hydrogen) atoms. The maximum Gasteiger partial charge on any atom is 0.224 e. The number of unbranched alkanes of at least 4 members (excludes halogenated alkanes) is 5. The predicted octanol–water partition coefficient (Wildman–Crippen LogP) is 4.27. The second-order valence-corrected chi connectivity index (χ2v) is 5.14. The summed E-state index contributed by atoms with van der Waals surface area (Å²) < 4.78 is 0. The molecule has 1 amide bonds. The Bertz CT molecular complexity index is 402. The van der Waals surface area contributed by atoms with Crippen LogP contribution in [0.5, 0.6) is 0 Å². The fourth-order valence-electron chi connectivity index (χ4n) is 2.11. The molecule has 1 aromatic rings. The molecule has 3 nitrogen and oxygen atoms in total. The van der Waals surface area contributed by atoms with Crippen molar-refractivity contribution < 1.29 is 4.79 Å². The lowest BCUT2D eigenvalue weighted by Gasteiger charge is -2.09. The maximum absolute atomic E-state index is 11.8. The molecule has 0 saturated carbocycles. The highest BCUT2D eigenvalue weighted by Crippen LogP contribution is 2.18. The molecule has 0 aromatic heterocycles. The molecule has 0 radical (unpaired) electrons. The highest BCUT2D eigenvalue weighted by molar-refractivity contribution is 5.91. The minimum absolute atomic E-state index is 0.100. The van der Waals surface area contributed by atoms with Gasteiger partial charge in [0.25, 0.3) is 0 Å². The quantitative estimate of drug-likeness (QED) is 0.543. The van der Waals surface area contributed by atoms with Crippen molar-refractivity contribution in [2.45, 2.75) is 58.8 Å². The molecule has 0 aliphatic rings. The number of rotatable bonds is 8. The van der Waals surface area contributed by atoms with Crippen molar-refractivity contribution in [3.05, 3.63) is 23.8 Å². The number of nitrogens with two attached hydrogens (primary N) is 1. The Kier molecular flexibility index (Phi) is 7.01. The molecule has 0 saturated heterocycles. The number of anilines is 2. The Hall–Kier alpha value is -1.51. The maximum atomic E-state index is 11.8. The number of aryl methyl sites for hydroxylation is 1. The molecular formula is C16H26N2O. The van der Waals surface area contributed by atoms with Crippen LogP contribution in [0.3, 0.4) is 0 Å². The third kappa shape index (κ3) is 6.27. The highest BCUT2D eigenvalue weighted by atomic mass is 16.1. The zero-order valence-electron chi connectivity index (χ0n) is 12.2. The summed E-state index contributed by atoms with van der Waals surface area (Å²) in [7, 11) is 0. The van der Waals surface area contributed by atoms with Gasteiger partial charge in [-0.15, -0.1) is 0 Å². The van der Waals surface area contributed by atoms with Crippen LogP contribution in [0.2, 0.25) is 0 Å². The van der Waals surface area contributed by atoms with Crippen LogP contribution in [0.1, 0.15) is 57.4 Å². The van der Waals surface area contributed by atoms with E-state index in [1.807, 2.05) is 25.1 Å². The molecule has 1 aromatic carbocycles. The van der Waals surface area contributed by atoms with Gasteiger partial charge in [0, 0.05) is 17.8 Å². The monoisotopic (exact) mass is 262 g/mol. The van der Waals surface area contributed by atoms with Gasteiger partial charge in [-0.1, -0.05) is 39.0 Å². The van der Waals surface area contributed by atoms with Crippen LogP contribution in [-0.2, 0) is 4.79 Å². The molecule has 0 aliphatic heterocycles. The third-order valence-corrected chi connectivity index (χ3v) is 3.28. The van der Waals surface area contributed by atoms with Gasteiger partial charge in [0.05, 0.1) is 0 Å². The number of nitrogens with one attached hydrogen (secondary N) is 1. The average molecular weight is 262 g/mol. The number of carbonyl (C=O) groups excluding carboxylic acids is 1. The van der Waals surface area contributed by atoms with E-state index in [1.54, 1.807) is 0 Å². The lowest BCUT2D eigenvalue weighted by atomic mass is 10.1. The van der Waals surface area contributed by atoms with Crippen LogP contribution in [-0.4, -0.2) is 5.91 Å². The van der Waals surface area contributed by atoms with Crippen molar-refractivity contribution in [1.29, 1.82) is 0 Å². The van der Waals surface area contributed by atoms with Crippen LogP contribution in [0, 0.1) is 6.92 Å². The Morgan fingerprint density at radius 2 is 1.84 bits per heavy atom. The summed E-state index contributed by atoms with van der Waals surface area (Å²) in [4.78, 5) is 11.8. The first-order valence-corrected chi connectivity index (χ1v) is 7.29. The van der Waals surface area contributed by atoms with Crippen molar-refractivity contribution in [2.24, 2.45) is 0 Å². The van der Waals surface area contributed by atoms with Crippen molar-refractivity contribution >= 4 is 17.3 Å². The minimum atomic E-state index is 0.100. The lowest BCUT2D eigenvalue weighted by molar-refractivity contribution is -0.116. The second-order valence-electron chi connectivity index (χ2n) is 5.14. The van der Waals surface area contributed by atoms with Crippen molar-refractivity contribution in [3.8, 4) is 0 Å². The Morgan fingerprint density at radius 1 is 1.16 bits per heavy atom. The molecule has 106 valence electrons. The van der Waals surface area contributed by atoms with E-state index in [0.717, 1.165) is 29.8 Å². The first-order chi connectivity index (χ1) is 9.13. The number of hydrogen-bond acceptors (Lipinski definition) is 2. The van der Waals surface area contributed by atoms with E-state index in [2.05, 4.69) is 12.2 Å². The predicted molar refractivity (Wildman–Crippen MR) is 82.2 cm³/mol. The average Bonchev–Trinajstić information content (AvgIpc) is 2.37. The van der Waals surface area contributed by atoms with Crippen molar-refractivity contribution in [1.82, 2.24) is 0 Å². The molecule has 3 N–H and O–H groups in total. The molecule has 3 heteroatoms. The second kappa shape index (κ2) is 8.57. The van der Waals surface area contributed by atoms with Gasteiger partial charge in [-0.05, 0) is 37.1 Å². The van der Waals surface area contributed by atoms with Gasteiger partial charge in [0.2, 0.25) is 5.91 Å². The Balaban J connectivity index is 2.23. The number of benzene rings is 1. The van der Waals surface area contributed by atoms with E-state index in [1.165, 1.54) is 25.7 Å². The summed E-state index contributed by atoms with van der Waals surface area (Å²) in [6, 6.07) is 5.55. The lowest BCUT2D eigenvalue weighted by Crippen LogP contribution is -2.12. The zero-order valence-corrected chi connectivity index (χ0v) is 12.2. The first-order valence-electron chi connectivity index (χ1n) is 7.29. The van der Waals surface area contributed by atoms with Crippen LogP contribution >= 0.6 is 0 Å².